The molecule has 1 fully saturated rings. The molecule has 1 saturated carbocycles. The summed E-state index contributed by atoms with van der Waals surface area (Å²) in [5.41, 5.74) is 0.643. The van der Waals surface area contributed by atoms with E-state index in [0.717, 1.165) is 41.5 Å². The average molecular weight is 542 g/mol. The van der Waals surface area contributed by atoms with E-state index in [1.807, 2.05) is 19.1 Å². The molecule has 1 aliphatic carbocycles. The number of nitrogens with one attached hydrogen (secondary N) is 2. The maximum absolute atomic E-state index is 14.6. The maximum Gasteiger partial charge on any atom is 0.288 e. The van der Waals surface area contributed by atoms with Gasteiger partial charge in [0, 0.05) is 37.6 Å². The Labute approximate surface area is 224 Å². The normalized spacial score (nSPS) is 14.6. The number of pyridine rings is 2. The summed E-state index contributed by atoms with van der Waals surface area (Å²) in [4.78, 5) is 41.2. The van der Waals surface area contributed by atoms with Crippen molar-refractivity contribution in [3.8, 4) is 0 Å². The lowest BCUT2D eigenvalue weighted by molar-refractivity contribution is -0.117. The number of anilines is 1. The van der Waals surface area contributed by atoms with E-state index >= 15 is 0 Å². The van der Waals surface area contributed by atoms with Crippen molar-refractivity contribution in [2.24, 2.45) is 5.92 Å². The van der Waals surface area contributed by atoms with Gasteiger partial charge in [0.1, 0.15) is 6.17 Å². The third-order valence-electron chi connectivity index (χ3n) is 6.84. The van der Waals surface area contributed by atoms with Gasteiger partial charge in [0.15, 0.2) is 5.69 Å². The van der Waals surface area contributed by atoms with E-state index in [0.29, 0.717) is 6.42 Å². The van der Waals surface area contributed by atoms with Crippen LogP contribution in [0.15, 0.2) is 41.6 Å². The predicted octanol–water partition coefficient (Wildman–Crippen LogP) is 3.55. The Morgan fingerprint density at radius 2 is 1.97 bits per heavy atom. The summed E-state index contributed by atoms with van der Waals surface area (Å²) < 4.78 is 31.5. The molecule has 1 unspecified atom stereocenters. The van der Waals surface area contributed by atoms with E-state index in [9.17, 15) is 23.2 Å². The van der Waals surface area contributed by atoms with Crippen molar-refractivity contribution in [3.63, 3.8) is 0 Å². The van der Waals surface area contributed by atoms with Gasteiger partial charge in [0.05, 0.1) is 18.4 Å². The molecule has 3 heterocycles. The molecular formula is C27H33F2N7O3. The molecule has 1 atom stereocenters. The van der Waals surface area contributed by atoms with Gasteiger partial charge in [-0.1, -0.05) is 30.5 Å². The van der Waals surface area contributed by atoms with Crippen LogP contribution in [0.1, 0.15) is 66.7 Å². The molecule has 2 amide bonds. The molecule has 10 nitrogen and oxygen atoms in total. The first kappa shape index (κ1) is 28.1. The van der Waals surface area contributed by atoms with Crippen LogP contribution in [0.4, 0.5) is 14.5 Å². The second-order valence-corrected chi connectivity index (χ2v) is 10.0. The molecule has 0 saturated heterocycles. The van der Waals surface area contributed by atoms with Gasteiger partial charge in [-0.05, 0) is 49.8 Å². The summed E-state index contributed by atoms with van der Waals surface area (Å²) in [5.74, 6) is -1.55. The van der Waals surface area contributed by atoms with E-state index in [4.69, 9.17) is 0 Å². The minimum Gasteiger partial charge on any atom is -0.346 e. The zero-order chi connectivity index (χ0) is 27.8. The summed E-state index contributed by atoms with van der Waals surface area (Å²) in [6.45, 7) is 1.87. The highest BCUT2D eigenvalue weighted by molar-refractivity contribution is 5.92. The number of halogens is 2. The summed E-state index contributed by atoms with van der Waals surface area (Å²) in [7, 11) is 0. The highest BCUT2D eigenvalue weighted by atomic mass is 19.1. The Bertz CT molecular complexity index is 1330. The molecule has 12 heteroatoms. The molecule has 2 N–H and O–H groups in total. The highest BCUT2D eigenvalue weighted by Crippen LogP contribution is 2.26. The van der Waals surface area contributed by atoms with Crippen molar-refractivity contribution in [1.82, 2.24) is 29.9 Å². The molecule has 1 aliphatic rings. The van der Waals surface area contributed by atoms with Crippen molar-refractivity contribution in [2.75, 3.05) is 5.32 Å². The van der Waals surface area contributed by atoms with Gasteiger partial charge in [-0.2, -0.15) is 4.39 Å². The molecule has 0 spiro atoms. The first-order chi connectivity index (χ1) is 18.8. The SMILES string of the molecule is Cc1ccc(CNC(=O)c2cn(CC(F)CCn3ccc(NC(=O)CC4CCCCC4)c(F)c3=O)nn2)cn1. The maximum atomic E-state index is 14.6. The fourth-order valence-corrected chi connectivity index (χ4v) is 4.61. The number of rotatable bonds is 11. The van der Waals surface area contributed by atoms with Gasteiger partial charge in [-0.15, -0.1) is 5.10 Å². The number of hydrogen-bond donors (Lipinski definition) is 2. The van der Waals surface area contributed by atoms with Gasteiger partial charge in [0.2, 0.25) is 11.7 Å². The average Bonchev–Trinajstić information content (AvgIpc) is 3.39. The second kappa shape index (κ2) is 13.2. The number of nitrogens with zero attached hydrogens (tertiary/aromatic N) is 5. The van der Waals surface area contributed by atoms with Crippen LogP contribution in [-0.2, 0) is 24.4 Å². The monoisotopic (exact) mass is 541 g/mol. The van der Waals surface area contributed by atoms with Crippen LogP contribution < -0.4 is 16.2 Å². The number of amides is 2. The first-order valence-corrected chi connectivity index (χ1v) is 13.2. The molecule has 3 aromatic heterocycles. The molecule has 0 aromatic carbocycles. The van der Waals surface area contributed by atoms with Crippen molar-refractivity contribution >= 4 is 17.5 Å². The molecule has 3 aromatic rings. The van der Waals surface area contributed by atoms with E-state index < -0.39 is 23.5 Å². The van der Waals surface area contributed by atoms with E-state index in [2.05, 4.69) is 25.9 Å². The lowest BCUT2D eigenvalue weighted by Gasteiger charge is -2.20. The Balaban J connectivity index is 1.24. The fraction of sp³-hybridized carbons (Fsp3) is 0.481. The molecule has 0 aliphatic heterocycles. The Kier molecular flexibility index (Phi) is 9.50. The van der Waals surface area contributed by atoms with Gasteiger partial charge in [0.25, 0.3) is 11.5 Å². The lowest BCUT2D eigenvalue weighted by Crippen LogP contribution is -2.27. The molecule has 4 rings (SSSR count). The third-order valence-corrected chi connectivity index (χ3v) is 6.84. The lowest BCUT2D eigenvalue weighted by atomic mass is 9.87. The van der Waals surface area contributed by atoms with Crippen LogP contribution in [-0.4, -0.2) is 42.5 Å². The third kappa shape index (κ3) is 8.01. The van der Waals surface area contributed by atoms with Crippen molar-refractivity contribution in [2.45, 2.75) is 77.7 Å². The predicted molar refractivity (Wildman–Crippen MR) is 140 cm³/mol. The van der Waals surface area contributed by atoms with Gasteiger partial charge < -0.3 is 15.2 Å². The number of aromatic nitrogens is 5. The Morgan fingerprint density at radius 3 is 2.72 bits per heavy atom. The van der Waals surface area contributed by atoms with Crippen LogP contribution in [0.5, 0.6) is 0 Å². The van der Waals surface area contributed by atoms with Crippen LogP contribution in [0, 0.1) is 18.7 Å². The zero-order valence-corrected chi connectivity index (χ0v) is 21.9. The largest absolute Gasteiger partial charge is 0.346 e. The molecule has 0 bridgehead atoms. The summed E-state index contributed by atoms with van der Waals surface area (Å²) >= 11 is 0. The number of carbonyl (C=O) groups is 2. The molecule has 39 heavy (non-hydrogen) atoms. The second-order valence-electron chi connectivity index (χ2n) is 10.0. The smallest absolute Gasteiger partial charge is 0.288 e. The van der Waals surface area contributed by atoms with E-state index in [1.54, 1.807) is 6.20 Å². The van der Waals surface area contributed by atoms with Crippen molar-refractivity contribution in [3.05, 3.63) is 69.9 Å². The van der Waals surface area contributed by atoms with Crippen LogP contribution in [0.2, 0.25) is 0 Å². The molecule has 208 valence electrons. The van der Waals surface area contributed by atoms with Crippen LogP contribution >= 0.6 is 0 Å². The number of aryl methyl sites for hydroxylation is 2. The quantitative estimate of drug-likeness (QED) is 0.383. The van der Waals surface area contributed by atoms with Crippen LogP contribution in [0.25, 0.3) is 0 Å². The Hall–Kier alpha value is -3.96. The number of alkyl halides is 1. The standard InChI is InChI=1S/C27H33F2N7O3/c1-18-7-8-20(14-30-18)15-31-26(38)23-17-36(34-33-23)16-21(28)9-11-35-12-10-22(25(29)27(35)39)32-24(37)13-19-5-3-2-4-6-19/h7-8,10,12,14,17,19,21H,2-6,9,11,13,15-16H2,1H3,(H,31,38)(H,32,37). The minimum absolute atomic E-state index is 0.0432. The molecule has 0 radical (unpaired) electrons. The van der Waals surface area contributed by atoms with Crippen molar-refractivity contribution in [1.29, 1.82) is 0 Å². The van der Waals surface area contributed by atoms with Crippen LogP contribution in [0.3, 0.4) is 0 Å². The zero-order valence-electron chi connectivity index (χ0n) is 21.9. The number of hydrogen-bond acceptors (Lipinski definition) is 6. The van der Waals surface area contributed by atoms with E-state index in [-0.39, 0.29) is 49.3 Å². The molecular weight excluding hydrogens is 508 g/mol. The number of carbonyl (C=O) groups excluding carboxylic acids is 2. The van der Waals surface area contributed by atoms with Crippen molar-refractivity contribution < 1.29 is 18.4 Å². The summed E-state index contributed by atoms with van der Waals surface area (Å²) in [5, 5.41) is 12.8. The summed E-state index contributed by atoms with van der Waals surface area (Å²) in [6, 6.07) is 5.01. The van der Waals surface area contributed by atoms with Gasteiger partial charge in [-0.3, -0.25) is 19.4 Å². The Morgan fingerprint density at radius 1 is 1.18 bits per heavy atom. The summed E-state index contributed by atoms with van der Waals surface area (Å²) in [6.07, 6.45) is 8.47. The van der Waals surface area contributed by atoms with Gasteiger partial charge >= 0.3 is 0 Å². The highest BCUT2D eigenvalue weighted by Gasteiger charge is 2.19. The minimum atomic E-state index is -1.42. The topological polar surface area (TPSA) is 124 Å². The first-order valence-electron chi connectivity index (χ1n) is 13.2. The fourth-order valence-electron chi connectivity index (χ4n) is 4.61. The van der Waals surface area contributed by atoms with Gasteiger partial charge in [-0.25, -0.2) is 9.07 Å². The van der Waals surface area contributed by atoms with E-state index in [1.165, 1.54) is 29.6 Å².